The van der Waals surface area contributed by atoms with E-state index in [1.54, 1.807) is 58.0 Å². The quantitative estimate of drug-likeness (QED) is 0.0728. The van der Waals surface area contributed by atoms with Gasteiger partial charge in [-0.15, -0.1) is 0 Å². The number of carboxylic acids is 2. The van der Waals surface area contributed by atoms with Crippen molar-refractivity contribution in [3.8, 4) is 11.1 Å². The van der Waals surface area contributed by atoms with Gasteiger partial charge in [-0.3, -0.25) is 28.8 Å². The van der Waals surface area contributed by atoms with Gasteiger partial charge in [0.15, 0.2) is 0 Å². The molecule has 3 aromatic carbocycles. The first-order valence-corrected chi connectivity index (χ1v) is 20.1. The minimum absolute atomic E-state index is 0.0231. The minimum atomic E-state index is -1.62. The van der Waals surface area contributed by atoms with E-state index in [9.17, 15) is 48.6 Å². The van der Waals surface area contributed by atoms with Crippen LogP contribution in [0.4, 0.5) is 4.79 Å². The first-order valence-electron chi connectivity index (χ1n) is 20.1. The van der Waals surface area contributed by atoms with Crippen molar-refractivity contribution < 1.29 is 53.3 Å². The molecule has 0 saturated heterocycles. The molecular formula is C44H54N6O11. The van der Waals surface area contributed by atoms with E-state index in [0.717, 1.165) is 22.3 Å². The predicted octanol–water partition coefficient (Wildman–Crippen LogP) is 2.60. The van der Waals surface area contributed by atoms with Crippen LogP contribution in [-0.4, -0.2) is 94.6 Å². The summed E-state index contributed by atoms with van der Waals surface area (Å²) in [5, 5.41) is 31.6. The summed E-state index contributed by atoms with van der Waals surface area (Å²) in [5.41, 5.74) is 10.1. The average Bonchev–Trinajstić information content (AvgIpc) is 3.54. The fourth-order valence-corrected chi connectivity index (χ4v) is 7.05. The Hall–Kier alpha value is -6.78. The van der Waals surface area contributed by atoms with Crippen LogP contribution in [0.2, 0.25) is 0 Å². The van der Waals surface area contributed by atoms with Crippen molar-refractivity contribution in [2.45, 2.75) is 95.9 Å². The number of alkyl carbamates (subject to hydrolysis) is 1. The molecule has 6 amide bonds. The summed E-state index contributed by atoms with van der Waals surface area (Å²) < 4.78 is 5.63. The number of fused-ring (bicyclic) bond motifs is 3. The summed E-state index contributed by atoms with van der Waals surface area (Å²) >= 11 is 0. The smallest absolute Gasteiger partial charge is 0.407 e. The number of rotatable bonds is 22. The molecule has 9 N–H and O–H groups in total. The molecule has 0 saturated carbocycles. The lowest BCUT2D eigenvalue weighted by Gasteiger charge is -2.29. The van der Waals surface area contributed by atoms with E-state index in [2.05, 4.69) is 26.6 Å². The number of primary amides is 1. The lowest BCUT2D eigenvalue weighted by atomic mass is 9.96. The van der Waals surface area contributed by atoms with E-state index in [4.69, 9.17) is 10.5 Å². The third-order valence-electron chi connectivity index (χ3n) is 10.6. The van der Waals surface area contributed by atoms with Gasteiger partial charge in [-0.1, -0.05) is 113 Å². The van der Waals surface area contributed by atoms with Crippen molar-refractivity contribution in [1.82, 2.24) is 26.6 Å². The molecule has 1 aliphatic rings. The largest absolute Gasteiger partial charge is 0.481 e. The van der Waals surface area contributed by atoms with Crippen LogP contribution in [0, 0.1) is 11.8 Å². The van der Waals surface area contributed by atoms with Gasteiger partial charge in [-0.05, 0) is 46.1 Å². The third kappa shape index (κ3) is 13.1. The Kier molecular flexibility index (Phi) is 16.9. The van der Waals surface area contributed by atoms with Crippen LogP contribution in [0.15, 0.2) is 78.9 Å². The summed E-state index contributed by atoms with van der Waals surface area (Å²) in [6.45, 7) is 6.61. The maximum absolute atomic E-state index is 13.8. The number of benzene rings is 3. The van der Waals surface area contributed by atoms with Gasteiger partial charge in [0.1, 0.15) is 36.8 Å². The lowest BCUT2D eigenvalue weighted by molar-refractivity contribution is -0.143. The minimum Gasteiger partial charge on any atom is -0.481 e. The summed E-state index contributed by atoms with van der Waals surface area (Å²) in [6, 6.07) is 16.9. The van der Waals surface area contributed by atoms with E-state index in [-0.39, 0.29) is 18.9 Å². The fourth-order valence-electron chi connectivity index (χ4n) is 7.05. The Bertz CT molecular complexity index is 2030. The summed E-state index contributed by atoms with van der Waals surface area (Å²) in [7, 11) is 0. The Balaban J connectivity index is 1.45. The lowest BCUT2D eigenvalue weighted by Crippen LogP contribution is -2.61. The van der Waals surface area contributed by atoms with Crippen molar-refractivity contribution >= 4 is 47.6 Å². The first-order chi connectivity index (χ1) is 29.0. The molecule has 0 fully saturated rings. The SMILES string of the molecule is CC[C@H](C)[C@H](NC(=O)[C@H](CC(N)=O)NC(=O)[C@@H](NC(=O)OCC1c2ccccc2-c2ccccc21)C(C)C)C(=O)N[C@@H](CCC(=O)O)C(=O)N[C@@H](Cc1ccccc1)C(=O)O. The average molecular weight is 843 g/mol. The van der Waals surface area contributed by atoms with Gasteiger partial charge in [0.2, 0.25) is 29.5 Å². The molecule has 0 aromatic heterocycles. The van der Waals surface area contributed by atoms with E-state index in [0.29, 0.717) is 12.0 Å². The molecule has 1 aliphatic carbocycles. The van der Waals surface area contributed by atoms with Gasteiger partial charge in [0, 0.05) is 18.8 Å². The normalized spacial score (nSPS) is 14.7. The molecule has 0 bridgehead atoms. The zero-order chi connectivity index (χ0) is 44.8. The molecule has 61 heavy (non-hydrogen) atoms. The van der Waals surface area contributed by atoms with E-state index in [1.807, 2.05) is 48.5 Å². The summed E-state index contributed by atoms with van der Waals surface area (Å²) in [6.07, 6.45) is -2.35. The van der Waals surface area contributed by atoms with Crippen LogP contribution in [0.1, 0.15) is 76.0 Å². The van der Waals surface area contributed by atoms with Crippen LogP contribution in [0.5, 0.6) is 0 Å². The van der Waals surface area contributed by atoms with E-state index >= 15 is 0 Å². The van der Waals surface area contributed by atoms with Crippen LogP contribution >= 0.6 is 0 Å². The van der Waals surface area contributed by atoms with Crippen molar-refractivity contribution in [3.05, 3.63) is 95.6 Å². The molecule has 0 unspecified atom stereocenters. The van der Waals surface area contributed by atoms with Gasteiger partial charge < -0.3 is 47.3 Å². The Morgan fingerprint density at radius 3 is 1.72 bits per heavy atom. The number of nitrogens with one attached hydrogen (secondary N) is 5. The Morgan fingerprint density at radius 1 is 0.656 bits per heavy atom. The zero-order valence-corrected chi connectivity index (χ0v) is 34.5. The highest BCUT2D eigenvalue weighted by Gasteiger charge is 2.36. The monoisotopic (exact) mass is 842 g/mol. The van der Waals surface area contributed by atoms with Crippen molar-refractivity contribution in [2.24, 2.45) is 17.6 Å². The van der Waals surface area contributed by atoms with Crippen molar-refractivity contribution in [3.63, 3.8) is 0 Å². The molecule has 6 atom stereocenters. The molecule has 326 valence electrons. The van der Waals surface area contributed by atoms with E-state index < -0.39 is 109 Å². The maximum atomic E-state index is 13.8. The highest BCUT2D eigenvalue weighted by Crippen LogP contribution is 2.44. The first kappa shape index (κ1) is 46.9. The second-order valence-electron chi connectivity index (χ2n) is 15.4. The van der Waals surface area contributed by atoms with Gasteiger partial charge in [-0.25, -0.2) is 9.59 Å². The van der Waals surface area contributed by atoms with E-state index in [1.165, 1.54) is 0 Å². The topological polar surface area (TPSA) is 272 Å². The summed E-state index contributed by atoms with van der Waals surface area (Å²) in [5.74, 6) is -8.70. The molecule has 0 aliphatic heterocycles. The molecule has 4 rings (SSSR count). The standard InChI is InChI=1S/C44H54N6O11/c1-5-25(4)38(42(57)46-32(19-20-36(52)53)39(54)48-34(43(58)59)21-26-13-7-6-8-14-26)49-40(55)33(22-35(45)51)47-41(56)37(24(2)3)50-44(60)61-23-31-29-17-11-9-15-27(29)28-16-10-12-18-30(28)31/h6-18,24-25,31-34,37-38H,5,19-23H2,1-4H3,(H2,45,51)(H,46,57)(H,47,56)(H,48,54)(H,49,55)(H,50,60)(H,52,53)(H,58,59)/t25-,32-,33-,34-,37-,38-/m0/s1. The van der Waals surface area contributed by atoms with Gasteiger partial charge in [0.05, 0.1) is 6.42 Å². The number of hydrogen-bond acceptors (Lipinski definition) is 9. The van der Waals surface area contributed by atoms with Gasteiger partial charge >= 0.3 is 18.0 Å². The fraction of sp³-hybridized carbons (Fsp3) is 0.409. The maximum Gasteiger partial charge on any atom is 0.407 e. The van der Waals surface area contributed by atoms with Crippen LogP contribution in [0.3, 0.4) is 0 Å². The van der Waals surface area contributed by atoms with Crippen LogP contribution in [-0.2, 0) is 44.7 Å². The van der Waals surface area contributed by atoms with Gasteiger partial charge in [0.25, 0.3) is 0 Å². The molecule has 17 heteroatoms. The predicted molar refractivity (Wildman–Crippen MR) is 222 cm³/mol. The zero-order valence-electron chi connectivity index (χ0n) is 34.5. The number of amides is 6. The second-order valence-corrected chi connectivity index (χ2v) is 15.4. The number of nitrogens with two attached hydrogens (primary N) is 1. The molecule has 0 spiro atoms. The molecule has 17 nitrogen and oxygen atoms in total. The van der Waals surface area contributed by atoms with Crippen molar-refractivity contribution in [1.29, 1.82) is 0 Å². The highest BCUT2D eigenvalue weighted by atomic mass is 16.5. The number of ether oxygens (including phenoxy) is 1. The Morgan fingerprint density at radius 2 is 1.18 bits per heavy atom. The van der Waals surface area contributed by atoms with Crippen LogP contribution in [0.25, 0.3) is 11.1 Å². The third-order valence-corrected chi connectivity index (χ3v) is 10.6. The van der Waals surface area contributed by atoms with Gasteiger partial charge in [-0.2, -0.15) is 0 Å². The number of hydrogen-bond donors (Lipinski definition) is 8. The van der Waals surface area contributed by atoms with Crippen LogP contribution < -0.4 is 32.3 Å². The highest BCUT2D eigenvalue weighted by molar-refractivity contribution is 5.97. The molecular weight excluding hydrogens is 789 g/mol. The number of carbonyl (C=O) groups excluding carboxylic acids is 6. The number of aliphatic carboxylic acids is 2. The molecule has 0 radical (unpaired) electrons. The number of carbonyl (C=O) groups is 8. The summed E-state index contributed by atoms with van der Waals surface area (Å²) in [4.78, 5) is 104. The van der Waals surface area contributed by atoms with Crippen molar-refractivity contribution in [2.75, 3.05) is 6.61 Å². The number of carboxylic acid groups (broad SMARTS) is 2. The molecule has 3 aromatic rings. The second kappa shape index (κ2) is 22.0. The molecule has 0 heterocycles. The Labute approximate surface area is 353 Å².